The van der Waals surface area contributed by atoms with Crippen LogP contribution in [0.1, 0.15) is 17.3 Å². The van der Waals surface area contributed by atoms with Crippen molar-refractivity contribution >= 4 is 16.0 Å². The smallest absolute Gasteiger partial charge is 0.294 e. The maximum atomic E-state index is 11.5. The second-order valence-electron chi connectivity index (χ2n) is 3.88. The van der Waals surface area contributed by atoms with E-state index in [0.29, 0.717) is 11.1 Å². The van der Waals surface area contributed by atoms with Crippen LogP contribution in [0.15, 0.2) is 42.7 Å². The van der Waals surface area contributed by atoms with Crippen molar-refractivity contribution in [3.63, 3.8) is 0 Å². The van der Waals surface area contributed by atoms with E-state index in [2.05, 4.69) is 0 Å². The van der Waals surface area contributed by atoms with Crippen molar-refractivity contribution in [3.05, 3.63) is 48.3 Å². The molecule has 5 nitrogen and oxygen atoms in total. The minimum atomic E-state index is -3.88. The third-order valence-corrected chi connectivity index (χ3v) is 3.36. The summed E-state index contributed by atoms with van der Waals surface area (Å²) < 4.78 is 23.4. The molecule has 18 heavy (non-hydrogen) atoms. The molecule has 2 rings (SSSR count). The fourth-order valence-corrected chi connectivity index (χ4v) is 2.21. The lowest BCUT2D eigenvalue weighted by atomic mass is 10.0. The van der Waals surface area contributed by atoms with Crippen LogP contribution in [-0.4, -0.2) is 18.2 Å². The number of hydrogen-bond donors (Lipinski definition) is 1. The summed E-state index contributed by atoms with van der Waals surface area (Å²) in [6.07, 6.45) is 2.58. The van der Waals surface area contributed by atoms with Crippen molar-refractivity contribution in [3.8, 4) is 11.1 Å². The van der Waals surface area contributed by atoms with E-state index in [-0.39, 0.29) is 5.78 Å². The Balaban J connectivity index is 2.67. The number of nitrogens with two attached hydrogens (primary N) is 1. The van der Waals surface area contributed by atoms with Crippen LogP contribution in [0.25, 0.3) is 11.1 Å². The fourth-order valence-electron chi connectivity index (χ4n) is 1.71. The van der Waals surface area contributed by atoms with Gasteiger partial charge in [0.25, 0.3) is 0 Å². The molecule has 6 heteroatoms. The van der Waals surface area contributed by atoms with Crippen molar-refractivity contribution < 1.29 is 13.2 Å². The highest BCUT2D eigenvalue weighted by molar-refractivity contribution is 7.87. The van der Waals surface area contributed by atoms with Crippen LogP contribution in [-0.2, 0) is 10.2 Å². The number of aromatic nitrogens is 1. The molecule has 0 spiro atoms. The average Bonchev–Trinajstić information content (AvgIpc) is 2.74. The van der Waals surface area contributed by atoms with Gasteiger partial charge in [-0.1, -0.05) is 30.3 Å². The Kier molecular flexibility index (Phi) is 3.06. The van der Waals surface area contributed by atoms with Crippen molar-refractivity contribution in [1.82, 2.24) is 3.97 Å². The van der Waals surface area contributed by atoms with Gasteiger partial charge < -0.3 is 0 Å². The zero-order valence-electron chi connectivity index (χ0n) is 9.70. The van der Waals surface area contributed by atoms with Gasteiger partial charge in [-0.3, -0.25) is 4.79 Å². The minimum Gasteiger partial charge on any atom is -0.294 e. The van der Waals surface area contributed by atoms with Crippen LogP contribution in [0.4, 0.5) is 0 Å². The van der Waals surface area contributed by atoms with E-state index in [1.54, 1.807) is 12.1 Å². The predicted molar refractivity (Wildman–Crippen MR) is 68.4 cm³/mol. The Morgan fingerprint density at radius 2 is 1.78 bits per heavy atom. The summed E-state index contributed by atoms with van der Waals surface area (Å²) in [6, 6.07) is 9.07. The minimum absolute atomic E-state index is 0.212. The van der Waals surface area contributed by atoms with E-state index < -0.39 is 10.2 Å². The van der Waals surface area contributed by atoms with Gasteiger partial charge in [-0.25, -0.2) is 9.11 Å². The molecule has 0 unspecified atom stereocenters. The Hall–Kier alpha value is -1.92. The van der Waals surface area contributed by atoms with E-state index in [1.165, 1.54) is 19.3 Å². The van der Waals surface area contributed by atoms with Gasteiger partial charge in [-0.05, 0) is 12.5 Å². The molecular weight excluding hydrogens is 252 g/mol. The van der Waals surface area contributed by atoms with E-state index >= 15 is 0 Å². The molecule has 2 N–H and O–H groups in total. The van der Waals surface area contributed by atoms with Crippen LogP contribution < -0.4 is 5.14 Å². The molecule has 0 amide bonds. The van der Waals surface area contributed by atoms with Crippen molar-refractivity contribution in [2.75, 3.05) is 0 Å². The molecule has 0 saturated carbocycles. The molecule has 94 valence electrons. The van der Waals surface area contributed by atoms with Gasteiger partial charge in [0.1, 0.15) is 0 Å². The zero-order chi connectivity index (χ0) is 13.3. The summed E-state index contributed by atoms with van der Waals surface area (Å²) in [6.45, 7) is 1.38. The first-order valence-corrected chi connectivity index (χ1v) is 6.71. The molecule has 0 fully saturated rings. The lowest BCUT2D eigenvalue weighted by Crippen LogP contribution is -2.20. The van der Waals surface area contributed by atoms with Crippen molar-refractivity contribution in [2.45, 2.75) is 6.92 Å². The Morgan fingerprint density at radius 1 is 1.17 bits per heavy atom. The van der Waals surface area contributed by atoms with Gasteiger partial charge in [0.2, 0.25) is 0 Å². The molecule has 2 aromatic rings. The monoisotopic (exact) mass is 264 g/mol. The number of Topliss-reactive ketones (excluding diaryl/α,β-unsaturated/α-hetero) is 1. The topological polar surface area (TPSA) is 82.2 Å². The highest BCUT2D eigenvalue weighted by Crippen LogP contribution is 2.25. The van der Waals surface area contributed by atoms with Crippen LogP contribution >= 0.6 is 0 Å². The van der Waals surface area contributed by atoms with Crippen molar-refractivity contribution in [1.29, 1.82) is 0 Å². The van der Waals surface area contributed by atoms with Gasteiger partial charge in [0.15, 0.2) is 5.78 Å². The molecule has 0 bridgehead atoms. The second-order valence-corrected chi connectivity index (χ2v) is 5.33. The van der Waals surface area contributed by atoms with Gasteiger partial charge in [0, 0.05) is 23.5 Å². The Morgan fingerprint density at radius 3 is 2.28 bits per heavy atom. The summed E-state index contributed by atoms with van der Waals surface area (Å²) in [7, 11) is -3.88. The molecule has 1 aromatic carbocycles. The highest BCUT2D eigenvalue weighted by atomic mass is 32.2. The van der Waals surface area contributed by atoms with Crippen LogP contribution in [0.2, 0.25) is 0 Å². The molecule has 1 aromatic heterocycles. The zero-order valence-corrected chi connectivity index (χ0v) is 10.5. The third kappa shape index (κ3) is 2.34. The summed E-state index contributed by atoms with van der Waals surface area (Å²) >= 11 is 0. The first-order valence-electron chi connectivity index (χ1n) is 5.21. The van der Waals surface area contributed by atoms with Gasteiger partial charge >= 0.3 is 10.2 Å². The normalized spacial score (nSPS) is 11.4. The molecule has 1 heterocycles. The molecule has 0 saturated heterocycles. The molecule has 0 radical (unpaired) electrons. The first kappa shape index (κ1) is 12.5. The number of nitrogens with zero attached hydrogens (tertiary/aromatic N) is 1. The maximum absolute atomic E-state index is 11.5. The van der Waals surface area contributed by atoms with E-state index in [0.717, 1.165) is 9.54 Å². The number of ketones is 1. The van der Waals surface area contributed by atoms with Crippen LogP contribution in [0.5, 0.6) is 0 Å². The van der Waals surface area contributed by atoms with Gasteiger partial charge in [0.05, 0.1) is 0 Å². The third-order valence-electron chi connectivity index (χ3n) is 2.56. The lowest BCUT2D eigenvalue weighted by molar-refractivity contribution is 0.101. The molecule has 0 atom stereocenters. The Labute approximate surface area is 105 Å². The summed E-state index contributed by atoms with van der Waals surface area (Å²) in [5.74, 6) is -0.212. The summed E-state index contributed by atoms with van der Waals surface area (Å²) in [4.78, 5) is 11.5. The van der Waals surface area contributed by atoms with Gasteiger partial charge in [-0.2, -0.15) is 8.42 Å². The molecule has 0 aliphatic carbocycles. The summed E-state index contributed by atoms with van der Waals surface area (Å²) in [5, 5.41) is 5.04. The quantitative estimate of drug-likeness (QED) is 0.851. The average molecular weight is 264 g/mol. The van der Waals surface area contributed by atoms with E-state index in [1.807, 2.05) is 18.2 Å². The maximum Gasteiger partial charge on any atom is 0.302 e. The molecule has 0 aliphatic heterocycles. The van der Waals surface area contributed by atoms with E-state index in [9.17, 15) is 13.2 Å². The fraction of sp³-hybridized carbons (Fsp3) is 0.0833. The largest absolute Gasteiger partial charge is 0.302 e. The molecule has 0 aliphatic rings. The van der Waals surface area contributed by atoms with Crippen molar-refractivity contribution in [2.24, 2.45) is 5.14 Å². The number of carbonyl (C=O) groups is 1. The SMILES string of the molecule is CC(=O)c1cn(S(N)(=O)=O)cc1-c1ccccc1. The van der Waals surface area contributed by atoms with Crippen LogP contribution in [0, 0.1) is 0 Å². The van der Waals surface area contributed by atoms with E-state index in [4.69, 9.17) is 5.14 Å². The number of carbonyl (C=O) groups excluding carboxylic acids is 1. The highest BCUT2D eigenvalue weighted by Gasteiger charge is 2.16. The molecular formula is C12H12N2O3S. The number of benzene rings is 1. The lowest BCUT2D eigenvalue weighted by Gasteiger charge is -1.99. The van der Waals surface area contributed by atoms with Crippen LogP contribution in [0.3, 0.4) is 0 Å². The predicted octanol–water partition coefficient (Wildman–Crippen LogP) is 1.41. The summed E-state index contributed by atoms with van der Waals surface area (Å²) in [5.41, 5.74) is 1.65. The number of rotatable bonds is 3. The van der Waals surface area contributed by atoms with Gasteiger partial charge in [-0.15, -0.1) is 0 Å². The first-order chi connectivity index (χ1) is 8.39. The second kappa shape index (κ2) is 4.40. The number of hydrogen-bond acceptors (Lipinski definition) is 3. The standard InChI is InChI=1S/C12H12N2O3S/c1-9(15)11-7-14(18(13,16)17)8-12(11)10-5-3-2-4-6-10/h2-8H,1H3,(H2,13,16,17). The Bertz CT molecular complexity index is 687.